The normalized spacial score (nSPS) is 10.9. The Balaban J connectivity index is 2.61. The van der Waals surface area contributed by atoms with Crippen LogP contribution in [0.4, 0.5) is 0 Å². The smallest absolute Gasteiger partial charge is 0.0682 e. The summed E-state index contributed by atoms with van der Waals surface area (Å²) in [5.41, 5.74) is 2.61. The number of aryl methyl sites for hydroxylation is 2. The van der Waals surface area contributed by atoms with Crippen LogP contribution >= 0.6 is 0 Å². The molecule has 1 heterocycles. The number of hydrogen-bond acceptors (Lipinski definition) is 1. The first-order valence-electron chi connectivity index (χ1n) is 4.79. The molecule has 0 N–H and O–H groups in total. The lowest BCUT2D eigenvalue weighted by atomic mass is 10.1. The van der Waals surface area contributed by atoms with Crippen molar-refractivity contribution in [1.29, 1.82) is 0 Å². The highest BCUT2D eigenvalue weighted by atomic mass is 15.3. The Kier molecular flexibility index (Phi) is 2.05. The Labute approximate surface area is 78.2 Å². The van der Waals surface area contributed by atoms with E-state index in [0.29, 0.717) is 0 Å². The van der Waals surface area contributed by atoms with Gasteiger partial charge in [0.25, 0.3) is 0 Å². The predicted octanol–water partition coefficient (Wildman–Crippen LogP) is 2.62. The minimum absolute atomic E-state index is 0.939. The second kappa shape index (κ2) is 3.21. The van der Waals surface area contributed by atoms with Crippen molar-refractivity contribution in [3.8, 4) is 0 Å². The minimum Gasteiger partial charge on any atom is -0.265 e. The van der Waals surface area contributed by atoms with Crippen LogP contribution in [0.25, 0.3) is 10.9 Å². The van der Waals surface area contributed by atoms with Gasteiger partial charge in [-0.25, -0.2) is 0 Å². The van der Waals surface area contributed by atoms with Crippen molar-refractivity contribution in [2.75, 3.05) is 0 Å². The Morgan fingerprint density at radius 2 is 2.15 bits per heavy atom. The highest BCUT2D eigenvalue weighted by Crippen LogP contribution is 2.15. The van der Waals surface area contributed by atoms with E-state index in [9.17, 15) is 0 Å². The molecule has 0 radical (unpaired) electrons. The number of nitrogens with zero attached hydrogens (tertiary/aromatic N) is 2. The summed E-state index contributed by atoms with van der Waals surface area (Å²) in [6.45, 7) is 5.22. The van der Waals surface area contributed by atoms with E-state index in [4.69, 9.17) is 0 Å². The van der Waals surface area contributed by atoms with Crippen molar-refractivity contribution in [3.05, 3.63) is 30.0 Å². The van der Waals surface area contributed by atoms with Crippen LogP contribution in [0.15, 0.2) is 24.4 Å². The Morgan fingerprint density at radius 1 is 1.31 bits per heavy atom. The van der Waals surface area contributed by atoms with Crippen LogP contribution < -0.4 is 0 Å². The molecule has 0 unspecified atom stereocenters. The maximum atomic E-state index is 4.31. The first kappa shape index (κ1) is 8.30. The monoisotopic (exact) mass is 174 g/mol. The molecule has 0 aliphatic heterocycles. The SMILES string of the molecule is CCc1ccc2c(cnn2CC)c1. The van der Waals surface area contributed by atoms with E-state index in [1.165, 1.54) is 16.5 Å². The van der Waals surface area contributed by atoms with Gasteiger partial charge in [-0.05, 0) is 31.0 Å². The van der Waals surface area contributed by atoms with E-state index in [1.807, 2.05) is 10.9 Å². The van der Waals surface area contributed by atoms with Gasteiger partial charge in [-0.15, -0.1) is 0 Å². The molecule has 0 amide bonds. The predicted molar refractivity (Wildman–Crippen MR) is 54.8 cm³/mol. The topological polar surface area (TPSA) is 17.8 Å². The summed E-state index contributed by atoms with van der Waals surface area (Å²) in [5.74, 6) is 0. The van der Waals surface area contributed by atoms with Crippen molar-refractivity contribution < 1.29 is 0 Å². The molecule has 1 aromatic carbocycles. The first-order valence-corrected chi connectivity index (χ1v) is 4.79. The fourth-order valence-electron chi connectivity index (χ4n) is 1.61. The van der Waals surface area contributed by atoms with Crippen LogP contribution in [-0.2, 0) is 13.0 Å². The summed E-state index contributed by atoms with van der Waals surface area (Å²) >= 11 is 0. The third kappa shape index (κ3) is 1.32. The second-order valence-electron chi connectivity index (χ2n) is 3.21. The molecule has 0 atom stereocenters. The molecule has 2 nitrogen and oxygen atoms in total. The summed E-state index contributed by atoms with van der Waals surface area (Å²) in [7, 11) is 0. The zero-order chi connectivity index (χ0) is 9.26. The molecule has 0 aliphatic rings. The maximum absolute atomic E-state index is 4.31. The molecule has 0 spiro atoms. The average molecular weight is 174 g/mol. The number of benzene rings is 1. The summed E-state index contributed by atoms with van der Waals surface area (Å²) in [5, 5.41) is 5.56. The highest BCUT2D eigenvalue weighted by Gasteiger charge is 2.00. The molecule has 0 fully saturated rings. The van der Waals surface area contributed by atoms with Crippen LogP contribution in [0.3, 0.4) is 0 Å². The fraction of sp³-hybridized carbons (Fsp3) is 0.364. The van der Waals surface area contributed by atoms with Crippen molar-refractivity contribution >= 4 is 10.9 Å². The summed E-state index contributed by atoms with van der Waals surface area (Å²) < 4.78 is 2.02. The molecule has 0 bridgehead atoms. The van der Waals surface area contributed by atoms with Gasteiger partial charge >= 0.3 is 0 Å². The summed E-state index contributed by atoms with van der Waals surface area (Å²) in [6, 6.07) is 6.55. The third-order valence-corrected chi connectivity index (χ3v) is 2.41. The lowest BCUT2D eigenvalue weighted by Gasteiger charge is -1.99. The van der Waals surface area contributed by atoms with Gasteiger partial charge in [-0.2, -0.15) is 5.10 Å². The van der Waals surface area contributed by atoms with Gasteiger partial charge in [0.2, 0.25) is 0 Å². The van der Waals surface area contributed by atoms with E-state index in [1.54, 1.807) is 0 Å². The van der Waals surface area contributed by atoms with Crippen LogP contribution in [0.1, 0.15) is 19.4 Å². The summed E-state index contributed by atoms with van der Waals surface area (Å²) in [4.78, 5) is 0. The summed E-state index contributed by atoms with van der Waals surface area (Å²) in [6.07, 6.45) is 3.03. The second-order valence-corrected chi connectivity index (χ2v) is 3.21. The van der Waals surface area contributed by atoms with Gasteiger partial charge < -0.3 is 0 Å². The van der Waals surface area contributed by atoms with Gasteiger partial charge in [0.1, 0.15) is 0 Å². The van der Waals surface area contributed by atoms with Crippen LogP contribution in [0.2, 0.25) is 0 Å². The van der Waals surface area contributed by atoms with Gasteiger partial charge in [-0.3, -0.25) is 4.68 Å². The van der Waals surface area contributed by atoms with Crippen LogP contribution in [0, 0.1) is 0 Å². The van der Waals surface area contributed by atoms with Crippen LogP contribution in [-0.4, -0.2) is 9.78 Å². The highest BCUT2D eigenvalue weighted by molar-refractivity contribution is 5.79. The van der Waals surface area contributed by atoms with Gasteiger partial charge in [-0.1, -0.05) is 13.0 Å². The number of hydrogen-bond donors (Lipinski definition) is 0. The van der Waals surface area contributed by atoms with E-state index in [-0.39, 0.29) is 0 Å². The quantitative estimate of drug-likeness (QED) is 0.684. The van der Waals surface area contributed by atoms with E-state index in [2.05, 4.69) is 37.1 Å². The third-order valence-electron chi connectivity index (χ3n) is 2.41. The van der Waals surface area contributed by atoms with Gasteiger partial charge in [0.15, 0.2) is 0 Å². The lowest BCUT2D eigenvalue weighted by molar-refractivity contribution is 0.684. The first-order chi connectivity index (χ1) is 6.35. The van der Waals surface area contributed by atoms with Crippen molar-refractivity contribution in [1.82, 2.24) is 9.78 Å². The zero-order valence-electron chi connectivity index (χ0n) is 8.12. The van der Waals surface area contributed by atoms with Gasteiger partial charge in [0.05, 0.1) is 11.7 Å². The van der Waals surface area contributed by atoms with E-state index < -0.39 is 0 Å². The molecule has 0 saturated heterocycles. The molecule has 2 rings (SSSR count). The Morgan fingerprint density at radius 3 is 2.85 bits per heavy atom. The van der Waals surface area contributed by atoms with E-state index in [0.717, 1.165) is 13.0 Å². The van der Waals surface area contributed by atoms with Crippen molar-refractivity contribution in [2.45, 2.75) is 26.8 Å². The van der Waals surface area contributed by atoms with E-state index >= 15 is 0 Å². The molecule has 0 aliphatic carbocycles. The van der Waals surface area contributed by atoms with Crippen molar-refractivity contribution in [2.24, 2.45) is 0 Å². The lowest BCUT2D eigenvalue weighted by Crippen LogP contribution is -1.94. The fourth-order valence-corrected chi connectivity index (χ4v) is 1.61. The largest absolute Gasteiger partial charge is 0.265 e. The number of aromatic nitrogens is 2. The number of rotatable bonds is 2. The Bertz CT molecular complexity index is 415. The molecule has 0 saturated carbocycles. The van der Waals surface area contributed by atoms with Crippen molar-refractivity contribution in [3.63, 3.8) is 0 Å². The molecule has 68 valence electrons. The number of fused-ring (bicyclic) bond motifs is 1. The minimum atomic E-state index is 0.939. The van der Waals surface area contributed by atoms with Gasteiger partial charge in [0, 0.05) is 11.9 Å². The molecule has 2 aromatic rings. The molecule has 1 aromatic heterocycles. The molecule has 2 heteroatoms. The molecular formula is C11H14N2. The van der Waals surface area contributed by atoms with Crippen LogP contribution in [0.5, 0.6) is 0 Å². The Hall–Kier alpha value is -1.31. The molecular weight excluding hydrogens is 160 g/mol. The maximum Gasteiger partial charge on any atom is 0.0682 e. The zero-order valence-corrected chi connectivity index (χ0v) is 8.12. The molecule has 13 heavy (non-hydrogen) atoms. The average Bonchev–Trinajstić information content (AvgIpc) is 2.59. The standard InChI is InChI=1S/C11H14N2/c1-3-9-5-6-11-10(7-9)8-12-13(11)4-2/h5-8H,3-4H2,1-2H3.